The third-order valence-electron chi connectivity index (χ3n) is 5.81. The lowest BCUT2D eigenvalue weighted by atomic mass is 10.0. The molecule has 0 saturated carbocycles. The Bertz CT molecular complexity index is 1360. The quantitative estimate of drug-likeness (QED) is 0.435. The van der Waals surface area contributed by atoms with Crippen LogP contribution >= 0.6 is 0 Å². The zero-order valence-electron chi connectivity index (χ0n) is 17.6. The number of aromatic nitrogens is 2. The van der Waals surface area contributed by atoms with Crippen LogP contribution in [0, 0.1) is 11.6 Å². The summed E-state index contributed by atoms with van der Waals surface area (Å²) >= 11 is 0. The van der Waals surface area contributed by atoms with E-state index in [0.717, 1.165) is 44.1 Å². The van der Waals surface area contributed by atoms with Crippen LogP contribution < -0.4 is 10.7 Å². The number of piperazine rings is 1. The molecular formula is C24H20F2N4O3. The van der Waals surface area contributed by atoms with Gasteiger partial charge in [-0.2, -0.15) is 0 Å². The Morgan fingerprint density at radius 2 is 1.73 bits per heavy atom. The van der Waals surface area contributed by atoms with E-state index >= 15 is 0 Å². The maximum Gasteiger partial charge on any atom is 0.421 e. The van der Waals surface area contributed by atoms with Crippen molar-refractivity contribution in [3.8, 4) is 0 Å². The molecule has 0 amide bonds. The highest BCUT2D eigenvalue weighted by atomic mass is 19.1. The Hall–Kier alpha value is -3.85. The third kappa shape index (κ3) is 4.03. The molecule has 5 rings (SSSR count). The van der Waals surface area contributed by atoms with E-state index in [1.54, 1.807) is 12.3 Å². The maximum atomic E-state index is 14.0. The van der Waals surface area contributed by atoms with E-state index in [-0.39, 0.29) is 11.1 Å². The van der Waals surface area contributed by atoms with Crippen molar-refractivity contribution in [1.29, 1.82) is 0 Å². The van der Waals surface area contributed by atoms with Crippen molar-refractivity contribution >= 4 is 22.7 Å². The number of hydrogen-bond donors (Lipinski definition) is 0. The molecule has 2 aromatic heterocycles. The predicted octanol–water partition coefficient (Wildman–Crippen LogP) is 3.28. The van der Waals surface area contributed by atoms with Gasteiger partial charge in [0.15, 0.2) is 11.4 Å². The van der Waals surface area contributed by atoms with Crippen LogP contribution in [0.3, 0.4) is 0 Å². The van der Waals surface area contributed by atoms with Gasteiger partial charge in [-0.05, 0) is 42.5 Å². The first kappa shape index (κ1) is 21.0. The monoisotopic (exact) mass is 450 g/mol. The van der Waals surface area contributed by atoms with Crippen LogP contribution in [-0.4, -0.2) is 46.4 Å². The highest BCUT2D eigenvalue weighted by molar-refractivity contribution is 6.10. The topological polar surface area (TPSA) is 71.6 Å². The first-order valence-electron chi connectivity index (χ1n) is 10.5. The molecule has 0 bridgehead atoms. The SMILES string of the molecule is O=C(c1ccc2c(c1)oc(=O)n2CN1CCN(c2ccccn2)CC1)c1c(F)cccc1F. The Balaban J connectivity index is 1.35. The van der Waals surface area contributed by atoms with Gasteiger partial charge in [0, 0.05) is 37.9 Å². The summed E-state index contributed by atoms with van der Waals surface area (Å²) in [5.41, 5.74) is 0.105. The molecule has 1 saturated heterocycles. The predicted molar refractivity (Wildman–Crippen MR) is 118 cm³/mol. The van der Waals surface area contributed by atoms with Gasteiger partial charge in [-0.15, -0.1) is 0 Å². The zero-order valence-corrected chi connectivity index (χ0v) is 17.6. The number of nitrogens with zero attached hydrogens (tertiary/aromatic N) is 4. The van der Waals surface area contributed by atoms with Crippen LogP contribution in [0.5, 0.6) is 0 Å². The summed E-state index contributed by atoms with van der Waals surface area (Å²) in [6.45, 7) is 3.34. The number of rotatable bonds is 5. The van der Waals surface area contributed by atoms with Gasteiger partial charge in [0.2, 0.25) is 0 Å². The number of carbonyl (C=O) groups is 1. The molecule has 0 atom stereocenters. The molecule has 3 heterocycles. The summed E-state index contributed by atoms with van der Waals surface area (Å²) in [6.07, 6.45) is 1.76. The third-order valence-corrected chi connectivity index (χ3v) is 5.81. The number of benzene rings is 2. The molecule has 1 fully saturated rings. The van der Waals surface area contributed by atoms with Crippen molar-refractivity contribution in [1.82, 2.24) is 14.5 Å². The fourth-order valence-electron chi connectivity index (χ4n) is 4.06. The minimum absolute atomic E-state index is 0.0383. The van der Waals surface area contributed by atoms with Gasteiger partial charge in [0.05, 0.1) is 17.7 Å². The molecule has 0 unspecified atom stereocenters. The van der Waals surface area contributed by atoms with Gasteiger partial charge in [-0.3, -0.25) is 14.3 Å². The lowest BCUT2D eigenvalue weighted by Crippen LogP contribution is -2.47. The molecule has 0 N–H and O–H groups in total. The molecule has 1 aliphatic rings. The number of carbonyl (C=O) groups excluding carboxylic acids is 1. The van der Waals surface area contributed by atoms with Crippen LogP contribution in [0.25, 0.3) is 11.1 Å². The Morgan fingerprint density at radius 1 is 0.970 bits per heavy atom. The fourth-order valence-corrected chi connectivity index (χ4v) is 4.06. The summed E-state index contributed by atoms with van der Waals surface area (Å²) in [5, 5.41) is 0. The molecule has 2 aromatic carbocycles. The molecule has 0 radical (unpaired) electrons. The summed E-state index contributed by atoms with van der Waals surface area (Å²) in [7, 11) is 0. The molecule has 4 aromatic rings. The minimum atomic E-state index is -0.941. The summed E-state index contributed by atoms with van der Waals surface area (Å²) in [4.78, 5) is 33.9. The average molecular weight is 450 g/mol. The van der Waals surface area contributed by atoms with Crippen molar-refractivity contribution in [2.75, 3.05) is 31.1 Å². The molecule has 1 aliphatic heterocycles. The molecule has 168 valence electrons. The van der Waals surface area contributed by atoms with Gasteiger partial charge >= 0.3 is 5.76 Å². The number of hydrogen-bond acceptors (Lipinski definition) is 6. The van der Waals surface area contributed by atoms with E-state index in [4.69, 9.17) is 4.42 Å². The normalized spacial score (nSPS) is 14.7. The highest BCUT2D eigenvalue weighted by Crippen LogP contribution is 2.22. The Labute approximate surface area is 187 Å². The second-order valence-electron chi connectivity index (χ2n) is 7.84. The molecule has 0 aliphatic carbocycles. The van der Waals surface area contributed by atoms with Crippen molar-refractivity contribution in [3.05, 3.63) is 94.1 Å². The number of halogens is 2. The average Bonchev–Trinajstić information content (AvgIpc) is 3.14. The summed E-state index contributed by atoms with van der Waals surface area (Å²) < 4.78 is 34.9. The summed E-state index contributed by atoms with van der Waals surface area (Å²) in [6, 6.07) is 13.4. The highest BCUT2D eigenvalue weighted by Gasteiger charge is 2.22. The van der Waals surface area contributed by atoms with E-state index < -0.39 is 28.7 Å². The lowest BCUT2D eigenvalue weighted by molar-refractivity contribution is 0.103. The number of ketones is 1. The van der Waals surface area contributed by atoms with Crippen molar-refractivity contribution in [3.63, 3.8) is 0 Å². The summed E-state index contributed by atoms with van der Waals surface area (Å²) in [5.74, 6) is -2.33. The Morgan fingerprint density at radius 3 is 2.42 bits per heavy atom. The number of fused-ring (bicyclic) bond motifs is 1. The molecule has 7 nitrogen and oxygen atoms in total. The number of oxazole rings is 1. The standard InChI is InChI=1S/C24H20F2N4O3/c25-17-4-3-5-18(26)22(17)23(31)16-7-8-19-20(14-16)33-24(32)30(19)15-28-10-12-29(13-11-28)21-6-1-2-9-27-21/h1-9,14H,10-13,15H2. The second kappa shape index (κ2) is 8.59. The lowest BCUT2D eigenvalue weighted by Gasteiger charge is -2.35. The first-order valence-corrected chi connectivity index (χ1v) is 10.5. The van der Waals surface area contributed by atoms with Crippen LogP contribution in [0.1, 0.15) is 15.9 Å². The number of pyridine rings is 1. The largest absolute Gasteiger partial charge is 0.421 e. The van der Waals surface area contributed by atoms with Crippen molar-refractivity contribution < 1.29 is 18.0 Å². The van der Waals surface area contributed by atoms with E-state index in [1.165, 1.54) is 22.8 Å². The maximum absolute atomic E-state index is 14.0. The number of anilines is 1. The van der Waals surface area contributed by atoms with E-state index in [0.29, 0.717) is 12.2 Å². The first-order chi connectivity index (χ1) is 16.0. The molecule has 0 spiro atoms. The minimum Gasteiger partial charge on any atom is -0.408 e. The van der Waals surface area contributed by atoms with Gasteiger partial charge < -0.3 is 9.32 Å². The van der Waals surface area contributed by atoms with Gasteiger partial charge in [0.25, 0.3) is 0 Å². The molecule has 9 heteroatoms. The van der Waals surface area contributed by atoms with Gasteiger partial charge in [-0.25, -0.2) is 18.6 Å². The second-order valence-corrected chi connectivity index (χ2v) is 7.84. The van der Waals surface area contributed by atoms with Gasteiger partial charge in [-0.1, -0.05) is 12.1 Å². The van der Waals surface area contributed by atoms with Crippen LogP contribution in [-0.2, 0) is 6.67 Å². The van der Waals surface area contributed by atoms with Crippen LogP contribution in [0.15, 0.2) is 70.0 Å². The zero-order chi connectivity index (χ0) is 22.9. The van der Waals surface area contributed by atoms with Crippen molar-refractivity contribution in [2.24, 2.45) is 0 Å². The molecular weight excluding hydrogens is 430 g/mol. The fraction of sp³-hybridized carbons (Fsp3) is 0.208. The van der Waals surface area contributed by atoms with E-state index in [1.807, 2.05) is 18.2 Å². The van der Waals surface area contributed by atoms with E-state index in [9.17, 15) is 18.4 Å². The van der Waals surface area contributed by atoms with Gasteiger partial charge in [0.1, 0.15) is 17.5 Å². The van der Waals surface area contributed by atoms with Crippen LogP contribution in [0.4, 0.5) is 14.6 Å². The van der Waals surface area contributed by atoms with Crippen LogP contribution in [0.2, 0.25) is 0 Å². The molecule has 33 heavy (non-hydrogen) atoms. The van der Waals surface area contributed by atoms with E-state index in [2.05, 4.69) is 14.8 Å². The van der Waals surface area contributed by atoms with Crippen molar-refractivity contribution in [2.45, 2.75) is 6.67 Å². The Kier molecular flexibility index (Phi) is 5.47. The smallest absolute Gasteiger partial charge is 0.408 e.